The van der Waals surface area contributed by atoms with Crippen LogP contribution in [-0.4, -0.2) is 63.7 Å². The van der Waals surface area contributed by atoms with Crippen LogP contribution in [0.5, 0.6) is 11.6 Å². The number of halogens is 3. The number of alkyl halides is 3. The van der Waals surface area contributed by atoms with Crippen molar-refractivity contribution >= 4 is 5.82 Å². The molecule has 1 N–H and O–H groups in total. The first kappa shape index (κ1) is 21.8. The molecule has 8 nitrogen and oxygen atoms in total. The molecule has 1 saturated heterocycles. The Balaban J connectivity index is 1.54. The van der Waals surface area contributed by atoms with E-state index in [1.807, 2.05) is 6.07 Å². The van der Waals surface area contributed by atoms with E-state index in [1.165, 1.54) is 22.9 Å². The number of ether oxygens (including phenoxy) is 1. The number of pyridine rings is 1. The van der Waals surface area contributed by atoms with E-state index >= 15 is 0 Å². The molecule has 3 aromatic rings. The maximum Gasteiger partial charge on any atom is 0.573 e. The van der Waals surface area contributed by atoms with Crippen molar-refractivity contribution in [3.8, 4) is 17.3 Å². The lowest BCUT2D eigenvalue weighted by molar-refractivity contribution is -0.274. The molecule has 0 amide bonds. The molecule has 0 radical (unpaired) electrons. The van der Waals surface area contributed by atoms with Gasteiger partial charge < -0.3 is 19.6 Å². The van der Waals surface area contributed by atoms with E-state index in [-0.39, 0.29) is 18.1 Å². The summed E-state index contributed by atoms with van der Waals surface area (Å²) in [5, 5.41) is 10.3. The van der Waals surface area contributed by atoms with E-state index in [1.54, 1.807) is 12.3 Å². The largest absolute Gasteiger partial charge is 0.573 e. The third-order valence-electron chi connectivity index (χ3n) is 5.26. The molecule has 1 aliphatic rings. The predicted molar refractivity (Wildman–Crippen MR) is 111 cm³/mol. The van der Waals surface area contributed by atoms with Gasteiger partial charge in [0.1, 0.15) is 11.6 Å². The van der Waals surface area contributed by atoms with Crippen molar-refractivity contribution in [2.24, 2.45) is 0 Å². The first-order chi connectivity index (χ1) is 15.2. The van der Waals surface area contributed by atoms with E-state index in [0.29, 0.717) is 0 Å². The number of hydrogen-bond acceptors (Lipinski definition) is 6. The van der Waals surface area contributed by atoms with Gasteiger partial charge in [0.15, 0.2) is 0 Å². The molecular formula is C21H22F3N5O3. The summed E-state index contributed by atoms with van der Waals surface area (Å²) in [5.74, 6) is 0.0850. The van der Waals surface area contributed by atoms with Gasteiger partial charge in [-0.25, -0.2) is 14.3 Å². The minimum atomic E-state index is -4.81. The van der Waals surface area contributed by atoms with Crippen LogP contribution in [0.2, 0.25) is 0 Å². The first-order valence-electron chi connectivity index (χ1n) is 9.95. The number of aromatic hydroxyl groups is 1. The number of anilines is 1. The number of aromatic nitrogens is 3. The number of piperazine rings is 1. The van der Waals surface area contributed by atoms with Crippen LogP contribution in [0, 0.1) is 0 Å². The molecule has 11 heteroatoms. The van der Waals surface area contributed by atoms with Crippen LogP contribution in [0.15, 0.2) is 53.6 Å². The molecule has 32 heavy (non-hydrogen) atoms. The van der Waals surface area contributed by atoms with Gasteiger partial charge in [0, 0.05) is 32.4 Å². The standard InChI is InChI=1S/C21H22F3N5O3/c1-26-8-10-27(11-9-26)18-12-15(6-7-25-18)13-28-14-19(30)29(20(28)31)16-2-4-17(5-3-16)32-21(22,23)24/h2-7,12,14,30H,8-11,13H2,1H3. The van der Waals surface area contributed by atoms with Crippen molar-refractivity contribution in [2.75, 3.05) is 38.1 Å². The van der Waals surface area contributed by atoms with E-state index in [9.17, 15) is 23.1 Å². The summed E-state index contributed by atoms with van der Waals surface area (Å²) in [6, 6.07) is 8.41. The monoisotopic (exact) mass is 449 g/mol. The van der Waals surface area contributed by atoms with Gasteiger partial charge >= 0.3 is 12.1 Å². The highest BCUT2D eigenvalue weighted by Gasteiger charge is 2.31. The van der Waals surface area contributed by atoms with Crippen LogP contribution in [0.1, 0.15) is 5.56 Å². The lowest BCUT2D eigenvalue weighted by Gasteiger charge is -2.33. The Bertz CT molecular complexity index is 1130. The van der Waals surface area contributed by atoms with Gasteiger partial charge in [-0.15, -0.1) is 13.2 Å². The quantitative estimate of drug-likeness (QED) is 0.645. The average Bonchev–Trinajstić information content (AvgIpc) is 3.01. The summed E-state index contributed by atoms with van der Waals surface area (Å²) < 4.78 is 43.2. The zero-order valence-corrected chi connectivity index (χ0v) is 17.3. The Morgan fingerprint density at radius 3 is 2.44 bits per heavy atom. The predicted octanol–water partition coefficient (Wildman–Crippen LogP) is 2.44. The zero-order valence-electron chi connectivity index (χ0n) is 17.3. The number of rotatable bonds is 5. The third kappa shape index (κ3) is 4.88. The van der Waals surface area contributed by atoms with Crippen LogP contribution in [0.3, 0.4) is 0 Å². The number of likely N-dealkylation sites (N-methyl/N-ethyl adjacent to an activating group) is 1. The number of benzene rings is 1. The number of imidazole rings is 1. The highest BCUT2D eigenvalue weighted by Crippen LogP contribution is 2.24. The van der Waals surface area contributed by atoms with E-state index in [2.05, 4.69) is 26.6 Å². The minimum absolute atomic E-state index is 0.206. The van der Waals surface area contributed by atoms with Gasteiger partial charge in [-0.2, -0.15) is 0 Å². The van der Waals surface area contributed by atoms with Crippen LogP contribution in [0.25, 0.3) is 5.69 Å². The van der Waals surface area contributed by atoms with Gasteiger partial charge in [-0.1, -0.05) is 0 Å². The van der Waals surface area contributed by atoms with Crippen LogP contribution in [0.4, 0.5) is 19.0 Å². The van der Waals surface area contributed by atoms with Crippen molar-refractivity contribution in [1.29, 1.82) is 0 Å². The summed E-state index contributed by atoms with van der Waals surface area (Å²) in [4.78, 5) is 21.7. The van der Waals surface area contributed by atoms with Crippen molar-refractivity contribution in [3.63, 3.8) is 0 Å². The van der Waals surface area contributed by atoms with Gasteiger partial charge in [0.2, 0.25) is 5.88 Å². The summed E-state index contributed by atoms with van der Waals surface area (Å²) in [6.07, 6.45) is -1.83. The molecule has 1 aliphatic heterocycles. The van der Waals surface area contributed by atoms with E-state index in [0.717, 1.165) is 54.3 Å². The zero-order chi connectivity index (χ0) is 22.9. The second kappa shape index (κ2) is 8.58. The molecule has 0 aliphatic carbocycles. The van der Waals surface area contributed by atoms with Crippen molar-refractivity contribution in [3.05, 3.63) is 64.8 Å². The fourth-order valence-electron chi connectivity index (χ4n) is 3.60. The topological polar surface area (TPSA) is 75.8 Å². The Morgan fingerprint density at radius 1 is 1.09 bits per heavy atom. The molecule has 0 saturated carbocycles. The Kier molecular flexibility index (Phi) is 5.83. The highest BCUT2D eigenvalue weighted by atomic mass is 19.4. The van der Waals surface area contributed by atoms with Gasteiger partial charge in [0.05, 0.1) is 18.4 Å². The highest BCUT2D eigenvalue weighted by molar-refractivity contribution is 5.42. The Labute approximate surface area is 181 Å². The normalized spacial score (nSPS) is 15.2. The molecule has 0 atom stereocenters. The fourth-order valence-corrected chi connectivity index (χ4v) is 3.60. The molecule has 3 heterocycles. The van der Waals surface area contributed by atoms with Crippen molar-refractivity contribution in [2.45, 2.75) is 12.9 Å². The summed E-state index contributed by atoms with van der Waals surface area (Å²) in [5.41, 5.74) is 0.528. The van der Waals surface area contributed by atoms with E-state index in [4.69, 9.17) is 0 Å². The molecule has 1 fully saturated rings. The maximum atomic E-state index is 12.9. The molecular weight excluding hydrogens is 427 g/mol. The van der Waals surface area contributed by atoms with Gasteiger partial charge in [-0.05, 0) is 49.0 Å². The van der Waals surface area contributed by atoms with E-state index < -0.39 is 17.8 Å². The Hall–Kier alpha value is -3.47. The Morgan fingerprint density at radius 2 is 1.78 bits per heavy atom. The van der Waals surface area contributed by atoms with Gasteiger partial charge in [0.25, 0.3) is 0 Å². The first-order valence-corrected chi connectivity index (χ1v) is 9.95. The van der Waals surface area contributed by atoms with Crippen molar-refractivity contribution < 1.29 is 23.0 Å². The lowest BCUT2D eigenvalue weighted by atomic mass is 10.2. The number of nitrogens with zero attached hydrogens (tertiary/aromatic N) is 5. The third-order valence-corrected chi connectivity index (χ3v) is 5.26. The van der Waals surface area contributed by atoms with Gasteiger partial charge in [-0.3, -0.25) is 4.57 Å². The molecule has 1 aromatic carbocycles. The number of hydrogen-bond donors (Lipinski definition) is 1. The molecule has 0 bridgehead atoms. The summed E-state index contributed by atoms with van der Waals surface area (Å²) >= 11 is 0. The second-order valence-corrected chi connectivity index (χ2v) is 7.59. The smallest absolute Gasteiger partial charge is 0.493 e. The van der Waals surface area contributed by atoms with Crippen molar-refractivity contribution in [1.82, 2.24) is 19.0 Å². The van der Waals surface area contributed by atoms with Crippen LogP contribution >= 0.6 is 0 Å². The maximum absolute atomic E-state index is 12.9. The minimum Gasteiger partial charge on any atom is -0.493 e. The molecule has 0 spiro atoms. The fraction of sp³-hybridized carbons (Fsp3) is 0.333. The SMILES string of the molecule is CN1CCN(c2cc(Cn3cc(O)n(-c4ccc(OC(F)(F)F)cc4)c3=O)ccn2)CC1. The van der Waals surface area contributed by atoms with Crippen LogP contribution < -0.4 is 15.3 Å². The average molecular weight is 449 g/mol. The summed E-state index contributed by atoms with van der Waals surface area (Å²) in [7, 11) is 2.07. The molecule has 0 unspecified atom stereocenters. The molecule has 4 rings (SSSR count). The second-order valence-electron chi connectivity index (χ2n) is 7.59. The molecule has 170 valence electrons. The van der Waals surface area contributed by atoms with Crippen LogP contribution in [-0.2, 0) is 6.54 Å². The summed E-state index contributed by atoms with van der Waals surface area (Å²) in [6.45, 7) is 3.80. The lowest BCUT2D eigenvalue weighted by Crippen LogP contribution is -2.44. The molecule has 2 aromatic heterocycles.